The maximum Gasteiger partial charge on any atom is 0.490 e. The van der Waals surface area contributed by atoms with Crippen LogP contribution in [0.1, 0.15) is 45.4 Å². The van der Waals surface area contributed by atoms with E-state index in [-0.39, 0.29) is 6.42 Å². The summed E-state index contributed by atoms with van der Waals surface area (Å²) in [5.74, 6) is -5.16. The number of rotatable bonds is 18. The van der Waals surface area contributed by atoms with Crippen LogP contribution in [0.25, 0.3) is 0 Å². The molecule has 9 unspecified atom stereocenters. The molecule has 50 heavy (non-hydrogen) atoms. The molecule has 0 amide bonds. The van der Waals surface area contributed by atoms with Crippen LogP contribution in [0, 0.1) is 0 Å². The van der Waals surface area contributed by atoms with E-state index < -0.39 is 79.9 Å². The highest BCUT2D eigenvalue weighted by Crippen LogP contribution is 2.71. The van der Waals surface area contributed by atoms with Gasteiger partial charge in [-0.3, -0.25) is 13.6 Å². The van der Waals surface area contributed by atoms with Gasteiger partial charge in [-0.2, -0.15) is 17.9 Å². The van der Waals surface area contributed by atoms with Crippen molar-refractivity contribution >= 4 is 43.1 Å². The summed E-state index contributed by atoms with van der Waals surface area (Å²) in [7, 11) is -23.3. The number of benzene rings is 1. The standard InChI is InChI=1S/C24H36N2O19P4S/c1-4-14-50-19-12-13-26(22(27)25-19)21-24(29)23(28,40-20(41-24)11-10-17-8-6-5-7-9-17)18(39-21)15-38-46(30,31)43-48(34,35)45-49(36,37)44-47(32,33)42-16(2)3/h5-9,12-13,16,18,20-21,28-29H,4,10-11,14-15H2,1-3H3,(H,30,31)(H,32,33)(H,34,35)(H,36,37). The summed E-state index contributed by atoms with van der Waals surface area (Å²) in [6.45, 7) is 3.13. The summed E-state index contributed by atoms with van der Waals surface area (Å²) >= 11 is 1.28. The number of phosphoric acid groups is 4. The molecule has 2 saturated heterocycles. The minimum Gasteiger partial charge on any atom is -0.359 e. The van der Waals surface area contributed by atoms with Crippen LogP contribution in [0.4, 0.5) is 0 Å². The normalized spacial score (nSPS) is 29.9. The molecule has 1 aromatic heterocycles. The van der Waals surface area contributed by atoms with E-state index in [1.165, 1.54) is 37.9 Å². The minimum atomic E-state index is -6.13. The molecular formula is C24H36N2O19P4S. The van der Waals surface area contributed by atoms with Crippen molar-refractivity contribution in [3.05, 3.63) is 58.6 Å². The number of hydrogen-bond acceptors (Lipinski definition) is 17. The van der Waals surface area contributed by atoms with Crippen LogP contribution in [0.15, 0.2) is 52.4 Å². The molecule has 2 aromatic rings. The second-order valence-corrected chi connectivity index (χ2v) is 18.2. The topological polar surface area (TPSA) is 298 Å². The summed E-state index contributed by atoms with van der Waals surface area (Å²) in [5, 5.41) is 23.7. The van der Waals surface area contributed by atoms with E-state index >= 15 is 0 Å². The molecule has 9 atom stereocenters. The average Bonchev–Trinajstić information content (AvgIpc) is 3.34. The monoisotopic (exact) mass is 812 g/mol. The Morgan fingerprint density at radius 1 is 0.920 bits per heavy atom. The first-order chi connectivity index (χ1) is 23.1. The van der Waals surface area contributed by atoms with Crippen LogP contribution in [0.3, 0.4) is 0 Å². The van der Waals surface area contributed by atoms with E-state index in [0.29, 0.717) is 17.2 Å². The number of aliphatic hydroxyl groups is 2. The minimum absolute atomic E-state index is 0.0492. The number of nitrogens with zero attached hydrogens (tertiary/aromatic N) is 2. The SMILES string of the molecule is CCCSc1ccn(C2OC(COP(=O)(O)OP(=O)(O)OP(=O)(O)OP(=O)(O)OC(C)C)C3(O)OC(CCc4ccccc4)OC23O)c(=O)n1. The van der Waals surface area contributed by atoms with Crippen LogP contribution in [-0.2, 0) is 60.9 Å². The first kappa shape index (κ1) is 41.6. The van der Waals surface area contributed by atoms with E-state index in [0.717, 1.165) is 16.6 Å². The fourth-order valence-corrected chi connectivity index (χ4v) is 10.5. The lowest BCUT2D eigenvalue weighted by Gasteiger charge is -2.31. The zero-order chi connectivity index (χ0) is 37.2. The first-order valence-electron chi connectivity index (χ1n) is 14.6. The largest absolute Gasteiger partial charge is 0.490 e. The van der Waals surface area contributed by atoms with Gasteiger partial charge in [-0.25, -0.2) is 23.1 Å². The van der Waals surface area contributed by atoms with Gasteiger partial charge >= 0.3 is 37.0 Å². The lowest BCUT2D eigenvalue weighted by atomic mass is 10.0. The van der Waals surface area contributed by atoms with Gasteiger partial charge in [-0.05, 0) is 44.1 Å². The van der Waals surface area contributed by atoms with Gasteiger partial charge in [0, 0.05) is 12.6 Å². The van der Waals surface area contributed by atoms with E-state index in [4.69, 9.17) is 14.2 Å². The van der Waals surface area contributed by atoms with Crippen molar-refractivity contribution in [1.82, 2.24) is 9.55 Å². The van der Waals surface area contributed by atoms with Gasteiger partial charge in [0.25, 0.3) is 11.6 Å². The van der Waals surface area contributed by atoms with Gasteiger partial charge in [0.15, 0.2) is 12.5 Å². The van der Waals surface area contributed by atoms with Gasteiger partial charge in [0.1, 0.15) is 11.1 Å². The summed E-state index contributed by atoms with van der Waals surface area (Å²) in [6.07, 6.45) is -3.90. The predicted molar refractivity (Wildman–Crippen MR) is 169 cm³/mol. The van der Waals surface area contributed by atoms with Crippen LogP contribution in [-0.4, -0.2) is 81.8 Å². The highest BCUT2D eigenvalue weighted by Gasteiger charge is 2.75. The fraction of sp³-hybridized carbons (Fsp3) is 0.583. The molecule has 0 radical (unpaired) electrons. The van der Waals surface area contributed by atoms with Crippen molar-refractivity contribution in [2.24, 2.45) is 0 Å². The van der Waals surface area contributed by atoms with Crippen molar-refractivity contribution in [2.75, 3.05) is 12.4 Å². The Morgan fingerprint density at radius 3 is 2.12 bits per heavy atom. The van der Waals surface area contributed by atoms with Crippen LogP contribution in [0.5, 0.6) is 0 Å². The molecule has 0 bridgehead atoms. The number of hydrogen-bond donors (Lipinski definition) is 6. The molecule has 1 aromatic carbocycles. The molecule has 0 saturated carbocycles. The molecule has 26 heteroatoms. The van der Waals surface area contributed by atoms with E-state index in [1.54, 1.807) is 30.3 Å². The molecule has 2 fully saturated rings. The summed E-state index contributed by atoms with van der Waals surface area (Å²) in [4.78, 5) is 56.1. The smallest absolute Gasteiger partial charge is 0.359 e. The Hall–Kier alpha value is -1.19. The summed E-state index contributed by atoms with van der Waals surface area (Å²) < 4.78 is 87.3. The average molecular weight is 813 g/mol. The Labute approximate surface area is 288 Å². The van der Waals surface area contributed by atoms with Gasteiger partial charge in [0.05, 0.1) is 12.7 Å². The molecule has 21 nitrogen and oxygen atoms in total. The van der Waals surface area contributed by atoms with Gasteiger partial charge in [-0.15, -0.1) is 11.8 Å². The number of aryl methyl sites for hydroxylation is 1. The van der Waals surface area contributed by atoms with Crippen LogP contribution >= 0.6 is 43.1 Å². The number of phosphoric ester groups is 2. The molecule has 282 valence electrons. The lowest BCUT2D eigenvalue weighted by molar-refractivity contribution is -0.293. The van der Waals surface area contributed by atoms with E-state index in [2.05, 4.69) is 27.0 Å². The maximum atomic E-state index is 13.0. The third kappa shape index (κ3) is 10.5. The molecule has 6 N–H and O–H groups in total. The molecule has 4 rings (SSSR count). The molecule has 0 spiro atoms. The van der Waals surface area contributed by atoms with Crippen molar-refractivity contribution in [1.29, 1.82) is 0 Å². The zero-order valence-electron chi connectivity index (χ0n) is 26.5. The molecule has 3 heterocycles. The Kier molecular flexibility index (Phi) is 13.3. The van der Waals surface area contributed by atoms with E-state index in [1.807, 2.05) is 6.92 Å². The summed E-state index contributed by atoms with van der Waals surface area (Å²) in [6, 6.07) is 10.4. The first-order valence-corrected chi connectivity index (χ1v) is 21.6. The number of ether oxygens (including phenoxy) is 3. The molecule has 0 aliphatic carbocycles. The van der Waals surface area contributed by atoms with Crippen molar-refractivity contribution < 1.29 is 84.2 Å². The van der Waals surface area contributed by atoms with Gasteiger partial charge < -0.3 is 44.0 Å². The second kappa shape index (κ2) is 16.0. The van der Waals surface area contributed by atoms with Crippen LogP contribution in [0.2, 0.25) is 0 Å². The Morgan fingerprint density at radius 2 is 1.52 bits per heavy atom. The third-order valence-electron chi connectivity index (χ3n) is 6.57. The van der Waals surface area contributed by atoms with Crippen molar-refractivity contribution in [3.8, 4) is 0 Å². The predicted octanol–water partition coefficient (Wildman–Crippen LogP) is 2.92. The number of thioether (sulfide) groups is 1. The highest BCUT2D eigenvalue weighted by atomic mass is 32.2. The quantitative estimate of drug-likeness (QED) is 0.0716. The third-order valence-corrected chi connectivity index (χ3v) is 13.8. The number of fused-ring (bicyclic) bond motifs is 1. The van der Waals surface area contributed by atoms with Crippen molar-refractivity contribution in [3.63, 3.8) is 0 Å². The zero-order valence-corrected chi connectivity index (χ0v) is 30.9. The summed E-state index contributed by atoms with van der Waals surface area (Å²) in [5.41, 5.74) is -0.105. The van der Waals surface area contributed by atoms with Crippen molar-refractivity contribution in [2.45, 2.75) is 81.4 Å². The van der Waals surface area contributed by atoms with Crippen LogP contribution < -0.4 is 5.69 Å². The fourth-order valence-electron chi connectivity index (χ4n) is 4.68. The molecular weight excluding hydrogens is 776 g/mol. The lowest BCUT2D eigenvalue weighted by Crippen LogP contribution is -2.57. The Bertz CT molecular complexity index is 1750. The number of aromatic nitrogens is 2. The second-order valence-electron chi connectivity index (χ2n) is 10.9. The highest BCUT2D eigenvalue weighted by molar-refractivity contribution is 7.99. The molecule has 2 aliphatic heterocycles. The van der Waals surface area contributed by atoms with Gasteiger partial charge in [-0.1, -0.05) is 37.3 Å². The van der Waals surface area contributed by atoms with Gasteiger partial charge in [0.2, 0.25) is 0 Å². The Balaban J connectivity index is 1.53. The molecule has 2 aliphatic rings. The van der Waals surface area contributed by atoms with E-state index in [9.17, 15) is 52.8 Å². The maximum absolute atomic E-state index is 13.0.